The summed E-state index contributed by atoms with van der Waals surface area (Å²) in [6.07, 6.45) is 1.84. The zero-order valence-corrected chi connectivity index (χ0v) is 25.7. The molecule has 1 aliphatic heterocycles. The number of anilines is 1. The van der Waals surface area contributed by atoms with Crippen molar-refractivity contribution in [1.82, 2.24) is 30.0 Å². The summed E-state index contributed by atoms with van der Waals surface area (Å²) in [4.78, 5) is 14.9. The number of nitrogens with zero attached hydrogens (tertiary/aromatic N) is 5. The number of methoxy groups -OCH3 is 1. The molecule has 7 rings (SSSR count). The maximum atomic E-state index is 6.33. The van der Waals surface area contributed by atoms with Gasteiger partial charge in [0.15, 0.2) is 17.3 Å². The predicted octanol–water partition coefficient (Wildman–Crippen LogP) is 6.09. The van der Waals surface area contributed by atoms with Crippen LogP contribution in [0, 0.1) is 0 Å². The van der Waals surface area contributed by atoms with Crippen molar-refractivity contribution >= 4 is 27.6 Å². The summed E-state index contributed by atoms with van der Waals surface area (Å²) in [5.74, 6) is 2.71. The van der Waals surface area contributed by atoms with Gasteiger partial charge < -0.3 is 19.7 Å². The molecule has 1 saturated heterocycles. The molecule has 0 unspecified atom stereocenters. The lowest BCUT2D eigenvalue weighted by Crippen LogP contribution is -2.45. The molecule has 0 bridgehead atoms. The highest BCUT2D eigenvalue weighted by molar-refractivity contribution is 5.93. The van der Waals surface area contributed by atoms with E-state index in [0.29, 0.717) is 30.5 Å². The van der Waals surface area contributed by atoms with E-state index in [-0.39, 0.29) is 0 Å². The summed E-state index contributed by atoms with van der Waals surface area (Å²) < 4.78 is 12.1. The third-order valence-electron chi connectivity index (χ3n) is 8.43. The van der Waals surface area contributed by atoms with E-state index in [0.717, 1.165) is 82.6 Å². The number of aromatic nitrogens is 4. The molecule has 0 radical (unpaired) electrons. The average Bonchev–Trinajstić information content (AvgIpc) is 3.56. The minimum atomic E-state index is 0.574. The van der Waals surface area contributed by atoms with Crippen LogP contribution in [-0.2, 0) is 6.54 Å². The van der Waals surface area contributed by atoms with Crippen LogP contribution in [0.5, 0.6) is 11.5 Å². The van der Waals surface area contributed by atoms with E-state index in [4.69, 9.17) is 19.4 Å². The van der Waals surface area contributed by atoms with Gasteiger partial charge in [-0.05, 0) is 48.0 Å². The number of H-pyrrole nitrogens is 1. The van der Waals surface area contributed by atoms with Crippen molar-refractivity contribution in [3.8, 4) is 34.0 Å². The lowest BCUT2D eigenvalue weighted by molar-refractivity contribution is 0.133. The second-order valence-corrected chi connectivity index (χ2v) is 11.5. The van der Waals surface area contributed by atoms with E-state index < -0.39 is 0 Å². The molecular formula is C36H37N7O2. The molecule has 4 aromatic carbocycles. The smallest absolute Gasteiger partial charge is 0.162 e. The Morgan fingerprint density at radius 2 is 1.64 bits per heavy atom. The van der Waals surface area contributed by atoms with Crippen molar-refractivity contribution in [2.45, 2.75) is 6.54 Å². The fourth-order valence-corrected chi connectivity index (χ4v) is 5.79. The van der Waals surface area contributed by atoms with Crippen LogP contribution in [0.15, 0.2) is 91.1 Å². The van der Waals surface area contributed by atoms with Crippen molar-refractivity contribution in [3.05, 3.63) is 96.7 Å². The van der Waals surface area contributed by atoms with Gasteiger partial charge in [-0.1, -0.05) is 54.6 Å². The highest BCUT2D eigenvalue weighted by Gasteiger charge is 2.17. The molecule has 45 heavy (non-hydrogen) atoms. The maximum absolute atomic E-state index is 6.33. The monoisotopic (exact) mass is 599 g/mol. The van der Waals surface area contributed by atoms with Gasteiger partial charge in [0.1, 0.15) is 12.4 Å². The molecule has 2 aromatic heterocycles. The summed E-state index contributed by atoms with van der Waals surface area (Å²) >= 11 is 0. The van der Waals surface area contributed by atoms with Gasteiger partial charge >= 0.3 is 0 Å². The molecule has 1 fully saturated rings. The van der Waals surface area contributed by atoms with E-state index in [1.54, 1.807) is 7.11 Å². The Hall–Kier alpha value is -4.99. The first-order chi connectivity index (χ1) is 22.1. The Balaban J connectivity index is 1.23. The molecule has 9 nitrogen and oxygen atoms in total. The predicted molar refractivity (Wildman–Crippen MR) is 180 cm³/mol. The van der Waals surface area contributed by atoms with Crippen LogP contribution < -0.4 is 14.8 Å². The van der Waals surface area contributed by atoms with Crippen molar-refractivity contribution in [3.63, 3.8) is 0 Å². The molecule has 228 valence electrons. The second kappa shape index (κ2) is 12.9. The van der Waals surface area contributed by atoms with E-state index in [2.05, 4.69) is 99.1 Å². The van der Waals surface area contributed by atoms with Gasteiger partial charge in [-0.2, -0.15) is 5.10 Å². The number of rotatable bonds is 10. The van der Waals surface area contributed by atoms with Gasteiger partial charge in [0.2, 0.25) is 0 Å². The van der Waals surface area contributed by atoms with E-state index >= 15 is 0 Å². The number of hydrogen-bond acceptors (Lipinski definition) is 8. The number of likely N-dealkylation sites (N-methyl/N-ethyl adjacent to an activating group) is 1. The fraction of sp³-hybridized carbons (Fsp3) is 0.250. The van der Waals surface area contributed by atoms with Crippen LogP contribution in [0.4, 0.5) is 5.82 Å². The van der Waals surface area contributed by atoms with Crippen LogP contribution in [0.1, 0.15) is 5.56 Å². The molecule has 0 amide bonds. The maximum Gasteiger partial charge on any atom is 0.162 e. The Bertz CT molecular complexity index is 1920. The van der Waals surface area contributed by atoms with Gasteiger partial charge in [-0.25, -0.2) is 9.97 Å². The summed E-state index contributed by atoms with van der Waals surface area (Å²) in [6.45, 7) is 6.28. The average molecular weight is 600 g/mol. The van der Waals surface area contributed by atoms with Gasteiger partial charge in [0.25, 0.3) is 0 Å². The summed E-state index contributed by atoms with van der Waals surface area (Å²) in [5, 5.41) is 12.7. The Morgan fingerprint density at radius 1 is 0.822 bits per heavy atom. The number of benzene rings is 4. The molecular weight excluding hydrogens is 562 g/mol. The number of fused-ring (bicyclic) bond motifs is 2. The third-order valence-corrected chi connectivity index (χ3v) is 8.43. The van der Waals surface area contributed by atoms with Crippen molar-refractivity contribution in [1.29, 1.82) is 0 Å². The minimum Gasteiger partial charge on any atom is -0.493 e. The first kappa shape index (κ1) is 28.8. The second-order valence-electron chi connectivity index (χ2n) is 11.5. The number of piperazine rings is 1. The molecule has 0 aliphatic carbocycles. The summed E-state index contributed by atoms with van der Waals surface area (Å²) in [7, 11) is 3.84. The Kier molecular flexibility index (Phi) is 8.27. The van der Waals surface area contributed by atoms with Crippen molar-refractivity contribution < 1.29 is 9.47 Å². The van der Waals surface area contributed by atoms with Crippen molar-refractivity contribution in [2.24, 2.45) is 0 Å². The molecule has 1 aliphatic rings. The largest absolute Gasteiger partial charge is 0.493 e. The number of aromatic amines is 1. The first-order valence-corrected chi connectivity index (χ1v) is 15.4. The lowest BCUT2D eigenvalue weighted by atomic mass is 10.0. The molecule has 2 N–H and O–H groups in total. The van der Waals surface area contributed by atoms with E-state index in [9.17, 15) is 0 Å². The zero-order chi connectivity index (χ0) is 30.6. The highest BCUT2D eigenvalue weighted by Crippen LogP contribution is 2.36. The number of hydrogen-bond donors (Lipinski definition) is 2. The molecule has 0 atom stereocenters. The number of ether oxygens (including phenoxy) is 2. The van der Waals surface area contributed by atoms with Crippen LogP contribution in [0.2, 0.25) is 0 Å². The van der Waals surface area contributed by atoms with Gasteiger partial charge in [-0.3, -0.25) is 10.00 Å². The molecule has 3 heterocycles. The standard InChI is InChI=1S/C36H37N7O2/c1-42-13-15-43(16-14-42)17-18-45-34-21-30-32(22-33(34)44-2)39-35(28-10-6-9-27(20-28)26-7-4-3-5-8-26)40-36(30)37-23-25-11-12-31-29(19-25)24-38-41-31/h3-12,19-22,24H,13-18,23H2,1-2H3,(H,38,41)(H,37,39,40). The summed E-state index contributed by atoms with van der Waals surface area (Å²) in [6, 6.07) is 28.9. The fourth-order valence-electron chi connectivity index (χ4n) is 5.79. The third kappa shape index (κ3) is 6.45. The quantitative estimate of drug-likeness (QED) is 0.196. The molecule has 6 aromatic rings. The topological polar surface area (TPSA) is 91.4 Å². The molecule has 0 spiro atoms. The van der Waals surface area contributed by atoms with E-state index in [1.165, 1.54) is 0 Å². The Morgan fingerprint density at radius 3 is 2.49 bits per heavy atom. The normalized spacial score (nSPS) is 14.2. The van der Waals surface area contributed by atoms with Crippen molar-refractivity contribution in [2.75, 3.05) is 58.8 Å². The molecule has 9 heteroatoms. The molecule has 0 saturated carbocycles. The van der Waals surface area contributed by atoms with Crippen LogP contribution in [0.25, 0.3) is 44.3 Å². The number of nitrogens with one attached hydrogen (secondary N) is 2. The Labute approximate surface area is 262 Å². The van der Waals surface area contributed by atoms with Crippen LogP contribution in [0.3, 0.4) is 0 Å². The first-order valence-electron chi connectivity index (χ1n) is 15.4. The van der Waals surface area contributed by atoms with Gasteiger partial charge in [0, 0.05) is 61.7 Å². The minimum absolute atomic E-state index is 0.574. The van der Waals surface area contributed by atoms with Crippen LogP contribution in [-0.4, -0.2) is 83.5 Å². The van der Waals surface area contributed by atoms with E-state index in [1.807, 2.05) is 24.4 Å². The lowest BCUT2D eigenvalue weighted by Gasteiger charge is -2.32. The highest BCUT2D eigenvalue weighted by atomic mass is 16.5. The SMILES string of the molecule is COc1cc2nc(-c3cccc(-c4ccccc4)c3)nc(NCc3ccc4[nH]ncc4c3)c2cc1OCCN1CCN(C)CC1. The summed E-state index contributed by atoms with van der Waals surface area (Å²) in [5.41, 5.74) is 6.11. The van der Waals surface area contributed by atoms with Crippen LogP contribution >= 0.6 is 0 Å². The van der Waals surface area contributed by atoms with Gasteiger partial charge in [-0.15, -0.1) is 0 Å². The zero-order valence-electron chi connectivity index (χ0n) is 25.7. The van der Waals surface area contributed by atoms with Gasteiger partial charge in [0.05, 0.1) is 24.3 Å².